The van der Waals surface area contributed by atoms with Gasteiger partial charge in [0.15, 0.2) is 0 Å². The van der Waals surface area contributed by atoms with E-state index in [4.69, 9.17) is 4.74 Å². The van der Waals surface area contributed by atoms with Crippen LogP contribution in [0.25, 0.3) is 0 Å². The maximum atomic E-state index is 12.9. The van der Waals surface area contributed by atoms with E-state index in [9.17, 15) is 17.6 Å². The summed E-state index contributed by atoms with van der Waals surface area (Å²) >= 11 is 0. The van der Waals surface area contributed by atoms with E-state index >= 15 is 0 Å². The van der Waals surface area contributed by atoms with Gasteiger partial charge in [-0.05, 0) is 48.9 Å². The fraction of sp³-hybridized carbons (Fsp3) is 0.188. The van der Waals surface area contributed by atoms with Gasteiger partial charge in [-0.15, -0.1) is 0 Å². The van der Waals surface area contributed by atoms with E-state index in [1.807, 2.05) is 13.0 Å². The van der Waals surface area contributed by atoms with Crippen LogP contribution in [0.1, 0.15) is 5.56 Å². The average Bonchev–Trinajstić information content (AvgIpc) is 2.47. The molecule has 7 heteroatoms. The van der Waals surface area contributed by atoms with E-state index in [-0.39, 0.29) is 4.90 Å². The van der Waals surface area contributed by atoms with Crippen LogP contribution in [-0.4, -0.2) is 32.3 Å². The smallest absolute Gasteiger partial charge is 0.326 e. The number of sulfonamides is 1. The number of halogens is 1. The third kappa shape index (κ3) is 4.37. The predicted octanol–water partition coefficient (Wildman–Crippen LogP) is 2.36. The Hall–Kier alpha value is -2.25. The van der Waals surface area contributed by atoms with E-state index in [0.29, 0.717) is 5.75 Å². The quantitative estimate of drug-likeness (QED) is 0.621. The molecule has 0 aromatic heterocycles. The van der Waals surface area contributed by atoms with Crippen molar-refractivity contribution in [1.29, 1.82) is 0 Å². The predicted molar refractivity (Wildman–Crippen MR) is 83.0 cm³/mol. The minimum Gasteiger partial charge on any atom is -0.426 e. The highest BCUT2D eigenvalue weighted by Crippen LogP contribution is 2.16. The van der Waals surface area contributed by atoms with Crippen LogP contribution in [0.15, 0.2) is 53.4 Å². The Kier molecular flexibility index (Phi) is 5.12. The number of nitrogens with zero attached hydrogens (tertiary/aromatic N) is 1. The van der Waals surface area contributed by atoms with Crippen LogP contribution in [0, 0.1) is 12.7 Å². The Morgan fingerprint density at radius 1 is 1.17 bits per heavy atom. The van der Waals surface area contributed by atoms with Crippen LogP contribution in [0.5, 0.6) is 5.75 Å². The molecule has 0 aliphatic rings. The summed E-state index contributed by atoms with van der Waals surface area (Å²) in [5.41, 5.74) is 0.919. The molecule has 0 spiro atoms. The van der Waals surface area contributed by atoms with E-state index in [1.165, 1.54) is 7.05 Å². The lowest BCUT2D eigenvalue weighted by Gasteiger charge is -2.16. The number of carbonyl (C=O) groups excluding carboxylic acids is 1. The van der Waals surface area contributed by atoms with Crippen LogP contribution in [0.3, 0.4) is 0 Å². The van der Waals surface area contributed by atoms with Gasteiger partial charge in [-0.25, -0.2) is 12.8 Å². The largest absolute Gasteiger partial charge is 0.426 e. The fourth-order valence-electron chi connectivity index (χ4n) is 1.90. The molecule has 0 heterocycles. The van der Waals surface area contributed by atoms with E-state index < -0.39 is 28.4 Å². The van der Waals surface area contributed by atoms with Crippen molar-refractivity contribution < 1.29 is 22.3 Å². The molecule has 23 heavy (non-hydrogen) atoms. The highest BCUT2D eigenvalue weighted by Gasteiger charge is 2.23. The Labute approximate surface area is 134 Å². The van der Waals surface area contributed by atoms with Gasteiger partial charge in [0.05, 0.1) is 4.90 Å². The van der Waals surface area contributed by atoms with Crippen LogP contribution < -0.4 is 4.74 Å². The van der Waals surface area contributed by atoms with Crippen molar-refractivity contribution in [3.8, 4) is 5.75 Å². The van der Waals surface area contributed by atoms with Gasteiger partial charge in [-0.3, -0.25) is 4.79 Å². The Balaban J connectivity index is 2.06. The molecule has 0 aliphatic carbocycles. The van der Waals surface area contributed by atoms with Crippen molar-refractivity contribution in [2.75, 3.05) is 13.6 Å². The molecule has 0 atom stereocenters. The van der Waals surface area contributed by atoms with Crippen molar-refractivity contribution in [3.05, 3.63) is 59.9 Å². The van der Waals surface area contributed by atoms with Gasteiger partial charge in [0.1, 0.15) is 18.1 Å². The lowest BCUT2D eigenvalue weighted by atomic mass is 10.2. The molecule has 2 rings (SSSR count). The van der Waals surface area contributed by atoms with Gasteiger partial charge in [0, 0.05) is 7.05 Å². The maximum absolute atomic E-state index is 12.9. The van der Waals surface area contributed by atoms with Crippen molar-refractivity contribution >= 4 is 16.0 Å². The summed E-state index contributed by atoms with van der Waals surface area (Å²) in [5, 5.41) is 0. The molecule has 0 bridgehead atoms. The lowest BCUT2D eigenvalue weighted by Crippen LogP contribution is -2.34. The molecule has 0 saturated carbocycles. The molecule has 122 valence electrons. The second kappa shape index (κ2) is 6.89. The maximum Gasteiger partial charge on any atom is 0.326 e. The number of esters is 1. The van der Waals surface area contributed by atoms with Crippen molar-refractivity contribution in [3.63, 3.8) is 0 Å². The number of carbonyl (C=O) groups is 1. The number of ether oxygens (including phenoxy) is 1. The Bertz CT molecular complexity index is 803. The summed E-state index contributed by atoms with van der Waals surface area (Å²) in [6, 6.07) is 11.3. The first-order valence-electron chi connectivity index (χ1n) is 6.78. The molecular weight excluding hydrogens is 321 g/mol. The van der Waals surface area contributed by atoms with Gasteiger partial charge in [-0.1, -0.05) is 12.1 Å². The summed E-state index contributed by atoms with van der Waals surface area (Å²) in [7, 11) is -2.63. The van der Waals surface area contributed by atoms with Crippen molar-refractivity contribution in [1.82, 2.24) is 4.31 Å². The molecular formula is C16H16FNO4S. The average molecular weight is 337 g/mol. The molecule has 5 nitrogen and oxygen atoms in total. The normalized spacial score (nSPS) is 11.5. The Morgan fingerprint density at radius 2 is 1.83 bits per heavy atom. The van der Waals surface area contributed by atoms with Gasteiger partial charge < -0.3 is 4.74 Å². The van der Waals surface area contributed by atoms with E-state index in [2.05, 4.69) is 0 Å². The van der Waals surface area contributed by atoms with E-state index in [1.54, 1.807) is 18.2 Å². The molecule has 0 saturated heterocycles. The summed E-state index contributed by atoms with van der Waals surface area (Å²) in [6.07, 6.45) is 0. The minimum absolute atomic E-state index is 0.0928. The number of hydrogen-bond acceptors (Lipinski definition) is 4. The zero-order chi connectivity index (χ0) is 17.0. The number of hydrogen-bond donors (Lipinski definition) is 0. The molecule has 2 aromatic rings. The van der Waals surface area contributed by atoms with Crippen LogP contribution >= 0.6 is 0 Å². The van der Waals surface area contributed by atoms with Gasteiger partial charge >= 0.3 is 5.97 Å². The Morgan fingerprint density at radius 3 is 2.43 bits per heavy atom. The number of benzene rings is 2. The fourth-order valence-corrected chi connectivity index (χ4v) is 3.01. The standard InChI is InChI=1S/C16H16FNO4S/c1-12-4-3-5-14(10-12)22-16(19)11-18(2)23(20,21)15-8-6-13(17)7-9-15/h3-10H,11H2,1-2H3. The molecule has 0 fully saturated rings. The third-order valence-corrected chi connectivity index (χ3v) is 4.91. The monoisotopic (exact) mass is 337 g/mol. The van der Waals surface area contributed by atoms with Crippen LogP contribution in [-0.2, 0) is 14.8 Å². The molecule has 0 unspecified atom stereocenters. The number of likely N-dealkylation sites (N-methyl/N-ethyl adjacent to an activating group) is 1. The van der Waals surface area contributed by atoms with Gasteiger partial charge in [0.2, 0.25) is 10.0 Å². The molecule has 0 N–H and O–H groups in total. The number of aryl methyl sites for hydroxylation is 1. The topological polar surface area (TPSA) is 63.7 Å². The second-order valence-corrected chi connectivity index (χ2v) is 7.05. The zero-order valence-electron chi connectivity index (χ0n) is 12.7. The molecule has 0 amide bonds. The summed E-state index contributed by atoms with van der Waals surface area (Å²) in [6.45, 7) is 1.40. The first kappa shape index (κ1) is 17.1. The molecule has 0 aliphatic heterocycles. The molecule has 2 aromatic carbocycles. The zero-order valence-corrected chi connectivity index (χ0v) is 13.5. The van der Waals surface area contributed by atoms with Gasteiger partial charge in [-0.2, -0.15) is 4.31 Å². The van der Waals surface area contributed by atoms with Gasteiger partial charge in [0.25, 0.3) is 0 Å². The SMILES string of the molecule is Cc1cccc(OC(=O)CN(C)S(=O)(=O)c2ccc(F)cc2)c1. The highest BCUT2D eigenvalue weighted by atomic mass is 32.2. The highest BCUT2D eigenvalue weighted by molar-refractivity contribution is 7.89. The minimum atomic E-state index is -3.89. The lowest BCUT2D eigenvalue weighted by molar-refractivity contribution is -0.134. The first-order chi connectivity index (χ1) is 10.8. The van der Waals surface area contributed by atoms with Crippen LogP contribution in [0.4, 0.5) is 4.39 Å². The summed E-state index contributed by atoms with van der Waals surface area (Å²) < 4.78 is 43.4. The third-order valence-electron chi connectivity index (χ3n) is 3.09. The summed E-state index contributed by atoms with van der Waals surface area (Å²) in [4.78, 5) is 11.8. The van der Waals surface area contributed by atoms with E-state index in [0.717, 1.165) is 34.1 Å². The van der Waals surface area contributed by atoms with Crippen LogP contribution in [0.2, 0.25) is 0 Å². The summed E-state index contributed by atoms with van der Waals surface area (Å²) in [5.74, 6) is -0.892. The van der Waals surface area contributed by atoms with Crippen molar-refractivity contribution in [2.45, 2.75) is 11.8 Å². The first-order valence-corrected chi connectivity index (χ1v) is 8.22. The number of rotatable bonds is 5. The van der Waals surface area contributed by atoms with Crippen molar-refractivity contribution in [2.24, 2.45) is 0 Å². The second-order valence-electron chi connectivity index (χ2n) is 5.01. The molecule has 0 radical (unpaired) electrons.